The van der Waals surface area contributed by atoms with Gasteiger partial charge in [0.2, 0.25) is 0 Å². The average Bonchev–Trinajstić information content (AvgIpc) is 3.21. The number of fused-ring (bicyclic) bond motifs is 2. The summed E-state index contributed by atoms with van der Waals surface area (Å²) in [6, 6.07) is 0. The maximum absolute atomic E-state index is 3.28. The molecule has 0 fully saturated rings. The molecule has 0 radical (unpaired) electrons. The van der Waals surface area contributed by atoms with E-state index in [1.54, 1.807) is 0 Å². The van der Waals surface area contributed by atoms with E-state index in [9.17, 15) is 0 Å². The number of hydrogen-bond acceptors (Lipinski definition) is 0. The predicted octanol–water partition coefficient (Wildman–Crippen LogP) is 11.9. The summed E-state index contributed by atoms with van der Waals surface area (Å²) in [6.07, 6.45) is 58.5. The molecule has 45 heavy (non-hydrogen) atoms. The summed E-state index contributed by atoms with van der Waals surface area (Å²) in [4.78, 5) is 0. The van der Waals surface area contributed by atoms with Crippen LogP contribution in [0.15, 0.2) is 192 Å². The first-order valence-corrected chi connectivity index (χ1v) is 15.5. The first kappa shape index (κ1) is 36.2. The third kappa shape index (κ3) is 17.6. The SMILES string of the molecule is CC(C)(C)/C1=C/C=C/C=C/C=C/C=C/C=C/C=C/C2=CC=CC=C(/C=C/C=C/C=C/C=C/C=C/C=C(/C(C)(C)C)C#CC#C1)C2. The van der Waals surface area contributed by atoms with Crippen molar-refractivity contribution in [2.45, 2.75) is 48.0 Å². The Hall–Kier alpha value is -5.04. The fourth-order valence-corrected chi connectivity index (χ4v) is 3.78. The van der Waals surface area contributed by atoms with Crippen LogP contribution in [0, 0.1) is 34.5 Å². The molecule has 0 aromatic rings. The second-order valence-corrected chi connectivity index (χ2v) is 12.4. The van der Waals surface area contributed by atoms with Crippen molar-refractivity contribution in [2.24, 2.45) is 10.8 Å². The smallest absolute Gasteiger partial charge is 0.00841 e. The van der Waals surface area contributed by atoms with Gasteiger partial charge in [0.25, 0.3) is 0 Å². The van der Waals surface area contributed by atoms with Gasteiger partial charge in [0.15, 0.2) is 0 Å². The van der Waals surface area contributed by atoms with Crippen molar-refractivity contribution in [3.8, 4) is 23.7 Å². The molecular weight excluding hydrogens is 540 g/mol. The van der Waals surface area contributed by atoms with Gasteiger partial charge in [0, 0.05) is 11.1 Å². The van der Waals surface area contributed by atoms with Crippen molar-refractivity contribution in [3.05, 3.63) is 192 Å². The second-order valence-electron chi connectivity index (χ2n) is 12.4. The van der Waals surface area contributed by atoms with E-state index >= 15 is 0 Å². The number of rotatable bonds is 0. The Morgan fingerprint density at radius 3 is 0.933 bits per heavy atom. The monoisotopic (exact) mass is 588 g/mol. The molecule has 0 aromatic carbocycles. The molecule has 2 bridgehead atoms. The molecule has 0 N–H and O–H groups in total. The molecule has 2 aliphatic rings. The van der Waals surface area contributed by atoms with Gasteiger partial charge in [-0.1, -0.05) is 224 Å². The molecule has 0 aromatic heterocycles. The Morgan fingerprint density at radius 2 is 0.622 bits per heavy atom. The molecule has 0 saturated heterocycles. The van der Waals surface area contributed by atoms with E-state index in [-0.39, 0.29) is 10.8 Å². The van der Waals surface area contributed by atoms with Crippen LogP contribution >= 0.6 is 0 Å². The third-order valence-corrected chi connectivity index (χ3v) is 6.36. The summed E-state index contributed by atoms with van der Waals surface area (Å²) < 4.78 is 0. The predicted molar refractivity (Wildman–Crippen MR) is 201 cm³/mol. The zero-order valence-electron chi connectivity index (χ0n) is 27.9. The Morgan fingerprint density at radius 1 is 0.356 bits per heavy atom. The van der Waals surface area contributed by atoms with E-state index in [0.29, 0.717) is 0 Å². The Kier molecular flexibility index (Phi) is 16.7. The van der Waals surface area contributed by atoms with Gasteiger partial charge in [-0.3, -0.25) is 0 Å². The minimum absolute atomic E-state index is 0.0747. The van der Waals surface area contributed by atoms with E-state index in [0.717, 1.165) is 17.6 Å². The molecule has 0 saturated carbocycles. The molecule has 0 nitrogen and oxygen atoms in total. The summed E-state index contributed by atoms with van der Waals surface area (Å²) in [7, 11) is 0. The van der Waals surface area contributed by atoms with E-state index < -0.39 is 0 Å². The highest BCUT2D eigenvalue weighted by Crippen LogP contribution is 2.25. The van der Waals surface area contributed by atoms with Crippen LogP contribution in [-0.2, 0) is 0 Å². The van der Waals surface area contributed by atoms with Gasteiger partial charge >= 0.3 is 0 Å². The van der Waals surface area contributed by atoms with E-state index in [1.165, 1.54) is 11.1 Å². The van der Waals surface area contributed by atoms with Crippen LogP contribution in [0.4, 0.5) is 0 Å². The van der Waals surface area contributed by atoms with Gasteiger partial charge in [-0.25, -0.2) is 0 Å². The highest BCUT2D eigenvalue weighted by atomic mass is 14.2. The lowest BCUT2D eigenvalue weighted by molar-refractivity contribution is 0.521. The van der Waals surface area contributed by atoms with Crippen LogP contribution in [0.25, 0.3) is 0 Å². The minimum atomic E-state index is -0.0759. The third-order valence-electron chi connectivity index (χ3n) is 6.36. The van der Waals surface area contributed by atoms with Crippen molar-refractivity contribution < 1.29 is 0 Å². The highest BCUT2D eigenvalue weighted by Gasteiger charge is 2.15. The van der Waals surface area contributed by atoms with Crippen molar-refractivity contribution in [1.82, 2.24) is 0 Å². The normalized spacial score (nSPS) is 27.1. The van der Waals surface area contributed by atoms with Gasteiger partial charge in [-0.2, -0.15) is 0 Å². The molecule has 0 heteroatoms. The van der Waals surface area contributed by atoms with Gasteiger partial charge in [-0.15, -0.1) is 0 Å². The molecule has 0 unspecified atom stereocenters. The quantitative estimate of drug-likeness (QED) is 0.247. The van der Waals surface area contributed by atoms with E-state index in [4.69, 9.17) is 0 Å². The van der Waals surface area contributed by atoms with Crippen molar-refractivity contribution >= 4 is 0 Å². The van der Waals surface area contributed by atoms with Gasteiger partial charge in [-0.05, 0) is 40.2 Å². The van der Waals surface area contributed by atoms with Gasteiger partial charge in [0.1, 0.15) is 0 Å². The summed E-state index contributed by atoms with van der Waals surface area (Å²) >= 11 is 0. The molecular formula is C45H48. The zero-order chi connectivity index (χ0) is 32.6. The van der Waals surface area contributed by atoms with E-state index in [2.05, 4.69) is 138 Å². The summed E-state index contributed by atoms with van der Waals surface area (Å²) in [5, 5.41) is 0. The Bertz CT molecular complexity index is 1590. The Labute approximate surface area is 274 Å². The minimum Gasteiger partial charge on any atom is -0.0623 e. The van der Waals surface area contributed by atoms with E-state index in [1.807, 2.05) is 97.2 Å². The van der Waals surface area contributed by atoms with Crippen molar-refractivity contribution in [2.75, 3.05) is 0 Å². The molecule has 0 heterocycles. The van der Waals surface area contributed by atoms with Crippen LogP contribution < -0.4 is 0 Å². The fraction of sp³-hybridized carbons (Fsp3) is 0.200. The number of hydrogen-bond donors (Lipinski definition) is 0. The summed E-state index contributed by atoms with van der Waals surface area (Å²) in [5.41, 5.74) is 4.46. The van der Waals surface area contributed by atoms with Crippen molar-refractivity contribution in [1.29, 1.82) is 0 Å². The largest absolute Gasteiger partial charge is 0.0623 e. The lowest BCUT2D eigenvalue weighted by atomic mass is 9.86. The van der Waals surface area contributed by atoms with Crippen molar-refractivity contribution in [3.63, 3.8) is 0 Å². The molecule has 228 valence electrons. The average molecular weight is 589 g/mol. The summed E-state index contributed by atoms with van der Waals surface area (Å²) in [6.45, 7) is 13.0. The van der Waals surface area contributed by atoms with Crippen LogP contribution in [0.1, 0.15) is 48.0 Å². The topological polar surface area (TPSA) is 0 Å². The zero-order valence-corrected chi connectivity index (χ0v) is 27.9. The fourth-order valence-electron chi connectivity index (χ4n) is 3.78. The Balaban J connectivity index is 2.31. The molecule has 0 spiro atoms. The van der Waals surface area contributed by atoms with Crippen LogP contribution in [0.5, 0.6) is 0 Å². The molecule has 0 atom stereocenters. The standard InChI is InChI=1S/C45H48/c1-44(2,3)42-35-25-21-17-13-9-7-8-11-15-19-23-31-40-33-27-28-34-41(39-40)32-24-20-16-12-10-14-18-22-26-36-43(45(4,5)6)38-30-29-37-42/h7-28,31-36H,39H2,1-6H3/b8-7?,9-7+,11-8+,12-10+,13-9?,14-10?,15-11?,16-12?,17-13+,18-14+,19-15+,20-16+,21-17?,22-18?,23-19?,24-20?,25-21+,26-22+,31-23+,32-24+,35-25?,36-26?,40-31?,41-32?,42-35+,43-36+. The second kappa shape index (κ2) is 20.8. The van der Waals surface area contributed by atoms with Crippen LogP contribution in [0.2, 0.25) is 0 Å². The van der Waals surface area contributed by atoms with Crippen LogP contribution in [0.3, 0.4) is 0 Å². The first-order valence-electron chi connectivity index (χ1n) is 15.5. The van der Waals surface area contributed by atoms with Gasteiger partial charge in [0.05, 0.1) is 0 Å². The number of allylic oxidation sites excluding steroid dienone is 32. The lowest BCUT2D eigenvalue weighted by Crippen LogP contribution is -2.08. The molecule has 0 aliphatic heterocycles. The molecule has 2 rings (SSSR count). The maximum Gasteiger partial charge on any atom is 0.00841 e. The molecule has 0 amide bonds. The summed E-state index contributed by atoms with van der Waals surface area (Å²) in [5.74, 6) is 12.7. The first-order chi connectivity index (χ1) is 21.7. The van der Waals surface area contributed by atoms with Gasteiger partial charge < -0.3 is 0 Å². The highest BCUT2D eigenvalue weighted by molar-refractivity contribution is 5.46. The van der Waals surface area contributed by atoms with Crippen LogP contribution in [-0.4, -0.2) is 0 Å². The lowest BCUT2D eigenvalue weighted by Gasteiger charge is -2.18. The maximum atomic E-state index is 3.28. The molecule has 2 aliphatic carbocycles.